The standard InChI is InChI=1S/C11H22N2O3/c1-10(2,7-14)8(15)12-11(3,4)9(16)13(5)6/h14H,7H2,1-6H3,(H,12,15). The predicted octanol–water partition coefficient (Wildman–Crippen LogP) is -0.0121. The maximum atomic E-state index is 11.8. The van der Waals surface area contributed by atoms with E-state index in [0.29, 0.717) is 0 Å². The summed E-state index contributed by atoms with van der Waals surface area (Å²) in [6, 6.07) is 0. The van der Waals surface area contributed by atoms with E-state index in [9.17, 15) is 9.59 Å². The molecule has 0 fully saturated rings. The van der Waals surface area contributed by atoms with Gasteiger partial charge in [-0.1, -0.05) is 0 Å². The second kappa shape index (κ2) is 4.82. The van der Waals surface area contributed by atoms with E-state index in [1.54, 1.807) is 41.8 Å². The van der Waals surface area contributed by atoms with Crippen LogP contribution in [-0.2, 0) is 9.59 Å². The average Bonchev–Trinajstić information content (AvgIpc) is 2.15. The first-order chi connectivity index (χ1) is 7.04. The lowest BCUT2D eigenvalue weighted by molar-refractivity contribution is -0.142. The molecule has 0 unspecified atom stereocenters. The summed E-state index contributed by atoms with van der Waals surface area (Å²) in [6.07, 6.45) is 0. The summed E-state index contributed by atoms with van der Waals surface area (Å²) < 4.78 is 0. The zero-order valence-corrected chi connectivity index (χ0v) is 10.9. The molecule has 16 heavy (non-hydrogen) atoms. The number of nitrogens with one attached hydrogen (secondary N) is 1. The van der Waals surface area contributed by atoms with Crippen molar-refractivity contribution < 1.29 is 14.7 Å². The molecule has 2 N–H and O–H groups in total. The van der Waals surface area contributed by atoms with Crippen molar-refractivity contribution in [2.75, 3.05) is 20.7 Å². The van der Waals surface area contributed by atoms with Crippen molar-refractivity contribution in [1.82, 2.24) is 10.2 Å². The fraction of sp³-hybridized carbons (Fsp3) is 0.818. The molecule has 0 aliphatic heterocycles. The van der Waals surface area contributed by atoms with E-state index < -0.39 is 11.0 Å². The number of nitrogens with zero attached hydrogens (tertiary/aromatic N) is 1. The van der Waals surface area contributed by atoms with Crippen LogP contribution in [0.2, 0.25) is 0 Å². The molecular formula is C11H22N2O3. The Morgan fingerprint density at radius 2 is 1.62 bits per heavy atom. The van der Waals surface area contributed by atoms with E-state index in [2.05, 4.69) is 5.32 Å². The van der Waals surface area contributed by atoms with Crippen molar-refractivity contribution in [3.05, 3.63) is 0 Å². The molecule has 0 radical (unpaired) electrons. The largest absolute Gasteiger partial charge is 0.395 e. The van der Waals surface area contributed by atoms with E-state index in [1.165, 1.54) is 4.90 Å². The number of likely N-dealkylation sites (N-methyl/N-ethyl adjacent to an activating group) is 1. The summed E-state index contributed by atoms with van der Waals surface area (Å²) in [5.74, 6) is -0.523. The minimum absolute atomic E-state index is 0.186. The van der Waals surface area contributed by atoms with Crippen LogP contribution < -0.4 is 5.32 Å². The number of aliphatic hydroxyl groups is 1. The molecule has 0 bridgehead atoms. The number of aliphatic hydroxyl groups excluding tert-OH is 1. The molecule has 0 aromatic rings. The average molecular weight is 230 g/mol. The second-order valence-corrected chi connectivity index (χ2v) is 5.32. The SMILES string of the molecule is CN(C)C(=O)C(C)(C)NC(=O)C(C)(C)CO. The molecule has 0 heterocycles. The second-order valence-electron chi connectivity index (χ2n) is 5.32. The third-order valence-electron chi connectivity index (χ3n) is 2.38. The Kier molecular flexibility index (Phi) is 4.49. The molecule has 0 aromatic carbocycles. The first-order valence-corrected chi connectivity index (χ1v) is 5.20. The van der Waals surface area contributed by atoms with Gasteiger partial charge in [0.15, 0.2) is 0 Å². The van der Waals surface area contributed by atoms with Crippen molar-refractivity contribution in [2.45, 2.75) is 33.2 Å². The highest BCUT2D eigenvalue weighted by Crippen LogP contribution is 2.16. The number of rotatable bonds is 4. The lowest BCUT2D eigenvalue weighted by Crippen LogP contribution is -2.57. The summed E-state index contributed by atoms with van der Waals surface area (Å²) >= 11 is 0. The summed E-state index contributed by atoms with van der Waals surface area (Å²) in [6.45, 7) is 6.27. The Hall–Kier alpha value is -1.10. The van der Waals surface area contributed by atoms with E-state index in [1.807, 2.05) is 0 Å². The van der Waals surface area contributed by atoms with Gasteiger partial charge in [-0.2, -0.15) is 0 Å². The predicted molar refractivity (Wildman–Crippen MR) is 61.8 cm³/mol. The van der Waals surface area contributed by atoms with Crippen LogP contribution in [-0.4, -0.2) is 48.1 Å². The summed E-state index contributed by atoms with van der Waals surface area (Å²) in [5.41, 5.74) is -1.85. The topological polar surface area (TPSA) is 69.6 Å². The molecule has 5 heteroatoms. The lowest BCUT2D eigenvalue weighted by atomic mass is 9.91. The Balaban J connectivity index is 4.73. The minimum Gasteiger partial charge on any atom is -0.395 e. The maximum Gasteiger partial charge on any atom is 0.247 e. The highest BCUT2D eigenvalue weighted by molar-refractivity contribution is 5.92. The lowest BCUT2D eigenvalue weighted by Gasteiger charge is -2.31. The first-order valence-electron chi connectivity index (χ1n) is 5.20. The van der Waals surface area contributed by atoms with Crippen molar-refractivity contribution >= 4 is 11.8 Å². The number of hydrogen-bond acceptors (Lipinski definition) is 3. The van der Waals surface area contributed by atoms with E-state index in [4.69, 9.17) is 5.11 Å². The normalized spacial score (nSPS) is 12.2. The fourth-order valence-corrected chi connectivity index (χ4v) is 1.14. The van der Waals surface area contributed by atoms with Crippen molar-refractivity contribution in [3.63, 3.8) is 0 Å². The van der Waals surface area contributed by atoms with Gasteiger partial charge in [-0.3, -0.25) is 9.59 Å². The van der Waals surface area contributed by atoms with E-state index >= 15 is 0 Å². The zero-order valence-electron chi connectivity index (χ0n) is 10.9. The Morgan fingerprint density at radius 3 is 1.94 bits per heavy atom. The van der Waals surface area contributed by atoms with Crippen LogP contribution in [0.25, 0.3) is 0 Å². The van der Waals surface area contributed by atoms with Gasteiger partial charge in [-0.25, -0.2) is 0 Å². The van der Waals surface area contributed by atoms with Gasteiger partial charge in [0.25, 0.3) is 0 Å². The van der Waals surface area contributed by atoms with Gasteiger partial charge in [0.05, 0.1) is 12.0 Å². The van der Waals surface area contributed by atoms with E-state index in [0.717, 1.165) is 0 Å². The number of amides is 2. The molecule has 0 rings (SSSR count). The summed E-state index contributed by atoms with van der Waals surface area (Å²) in [5, 5.41) is 11.7. The van der Waals surface area contributed by atoms with Gasteiger partial charge in [0.2, 0.25) is 11.8 Å². The zero-order chi connectivity index (χ0) is 13.1. The fourth-order valence-electron chi connectivity index (χ4n) is 1.14. The van der Waals surface area contributed by atoms with Crippen molar-refractivity contribution in [1.29, 1.82) is 0 Å². The van der Waals surface area contributed by atoms with Crippen LogP contribution in [0, 0.1) is 5.41 Å². The highest BCUT2D eigenvalue weighted by Gasteiger charge is 2.36. The van der Waals surface area contributed by atoms with Crippen molar-refractivity contribution in [2.24, 2.45) is 5.41 Å². The molecular weight excluding hydrogens is 208 g/mol. The summed E-state index contributed by atoms with van der Waals surface area (Å²) in [7, 11) is 3.26. The molecule has 0 saturated heterocycles. The molecule has 2 amide bonds. The number of hydrogen-bond donors (Lipinski definition) is 2. The van der Waals surface area contributed by atoms with Gasteiger partial charge in [-0.05, 0) is 27.7 Å². The monoisotopic (exact) mass is 230 g/mol. The smallest absolute Gasteiger partial charge is 0.247 e. The molecule has 94 valence electrons. The minimum atomic E-state index is -0.965. The third kappa shape index (κ3) is 3.48. The van der Waals surface area contributed by atoms with Gasteiger partial charge >= 0.3 is 0 Å². The highest BCUT2D eigenvalue weighted by atomic mass is 16.3. The molecule has 0 aromatic heterocycles. The van der Waals surface area contributed by atoms with Gasteiger partial charge < -0.3 is 15.3 Å². The Morgan fingerprint density at radius 1 is 1.19 bits per heavy atom. The molecule has 0 aliphatic carbocycles. The number of carbonyl (C=O) groups is 2. The van der Waals surface area contributed by atoms with Gasteiger partial charge in [-0.15, -0.1) is 0 Å². The van der Waals surface area contributed by atoms with Crippen LogP contribution in [0.1, 0.15) is 27.7 Å². The van der Waals surface area contributed by atoms with Crippen LogP contribution in [0.15, 0.2) is 0 Å². The van der Waals surface area contributed by atoms with Crippen molar-refractivity contribution in [3.8, 4) is 0 Å². The van der Waals surface area contributed by atoms with E-state index in [-0.39, 0.29) is 18.4 Å². The Labute approximate surface area is 96.8 Å². The van der Waals surface area contributed by atoms with Gasteiger partial charge in [0, 0.05) is 14.1 Å². The van der Waals surface area contributed by atoms with Gasteiger partial charge in [0.1, 0.15) is 5.54 Å². The Bertz CT molecular complexity index is 283. The number of carbonyl (C=O) groups excluding carboxylic acids is 2. The molecule has 0 spiro atoms. The molecule has 5 nitrogen and oxygen atoms in total. The van der Waals surface area contributed by atoms with Crippen LogP contribution in [0.4, 0.5) is 0 Å². The molecule has 0 atom stereocenters. The van der Waals surface area contributed by atoms with Crippen LogP contribution in [0.5, 0.6) is 0 Å². The maximum absolute atomic E-state index is 11.8. The summed E-state index contributed by atoms with van der Waals surface area (Å²) in [4.78, 5) is 25.0. The molecule has 0 saturated carbocycles. The first kappa shape index (κ1) is 14.9. The molecule has 0 aliphatic rings. The quantitative estimate of drug-likeness (QED) is 0.713. The third-order valence-corrected chi connectivity index (χ3v) is 2.38. The van der Waals surface area contributed by atoms with Crippen LogP contribution in [0.3, 0.4) is 0 Å². The van der Waals surface area contributed by atoms with Crippen LogP contribution >= 0.6 is 0 Å².